The molecule has 3 aromatic rings. The number of anilines is 1. The summed E-state index contributed by atoms with van der Waals surface area (Å²) in [5, 5.41) is 18.0. The second kappa shape index (κ2) is 7.43. The maximum absolute atomic E-state index is 12.4. The summed E-state index contributed by atoms with van der Waals surface area (Å²) in [7, 11) is -3.71. The minimum absolute atomic E-state index is 0.126. The Balaban J connectivity index is 1.90. The van der Waals surface area contributed by atoms with E-state index in [0.29, 0.717) is 16.6 Å². The molecule has 0 atom stereocenters. The highest BCUT2D eigenvalue weighted by Crippen LogP contribution is 2.35. The van der Waals surface area contributed by atoms with E-state index in [-0.39, 0.29) is 11.6 Å². The normalized spacial score (nSPS) is 12.0. The highest BCUT2D eigenvalue weighted by Gasteiger charge is 2.23. The van der Waals surface area contributed by atoms with E-state index in [4.69, 9.17) is 0 Å². The maximum Gasteiger partial charge on any atom is 0.285 e. The van der Waals surface area contributed by atoms with E-state index >= 15 is 0 Å². The molecule has 1 amide bonds. The first-order valence-electron chi connectivity index (χ1n) is 8.46. The van der Waals surface area contributed by atoms with Gasteiger partial charge in [0.05, 0.1) is 17.5 Å². The van der Waals surface area contributed by atoms with E-state index < -0.39 is 22.5 Å². The first-order chi connectivity index (χ1) is 13.2. The number of carbonyl (C=O) groups is 1. The van der Waals surface area contributed by atoms with Gasteiger partial charge in [0, 0.05) is 5.39 Å². The zero-order chi connectivity index (χ0) is 20.5. The van der Waals surface area contributed by atoms with Crippen LogP contribution < -0.4 is 4.31 Å². The van der Waals surface area contributed by atoms with Gasteiger partial charge >= 0.3 is 0 Å². The number of hydrogen-bond donors (Lipinski definition) is 2. The molecule has 9 heteroatoms. The van der Waals surface area contributed by atoms with Crippen molar-refractivity contribution >= 4 is 38.2 Å². The van der Waals surface area contributed by atoms with Crippen molar-refractivity contribution in [2.24, 2.45) is 10.2 Å². The minimum Gasteiger partial charge on any atom is -0.493 e. The fraction of sp³-hybridized carbons (Fsp3) is 0.211. The number of para-hydroxylation sites is 1. The molecule has 2 N–H and O–H groups in total. The van der Waals surface area contributed by atoms with Gasteiger partial charge in [0.1, 0.15) is 6.54 Å². The van der Waals surface area contributed by atoms with Crippen molar-refractivity contribution in [2.75, 3.05) is 17.1 Å². The van der Waals surface area contributed by atoms with Gasteiger partial charge in [0.25, 0.3) is 5.91 Å². The van der Waals surface area contributed by atoms with Crippen LogP contribution in [0.1, 0.15) is 11.1 Å². The van der Waals surface area contributed by atoms with Gasteiger partial charge in [-0.25, -0.2) is 8.42 Å². The van der Waals surface area contributed by atoms with Crippen molar-refractivity contribution in [1.82, 2.24) is 4.98 Å². The Labute approximate surface area is 162 Å². The predicted molar refractivity (Wildman–Crippen MR) is 108 cm³/mol. The van der Waals surface area contributed by atoms with Gasteiger partial charge in [-0.2, -0.15) is 0 Å². The zero-order valence-electron chi connectivity index (χ0n) is 15.7. The molecule has 0 aliphatic heterocycles. The van der Waals surface area contributed by atoms with Gasteiger partial charge in [0.2, 0.25) is 15.9 Å². The number of rotatable bonds is 5. The topological polar surface area (TPSA) is 115 Å². The molecule has 0 radical (unpaired) electrons. The molecule has 3 rings (SSSR count). The number of aromatic hydroxyl groups is 1. The molecule has 0 spiro atoms. The molecule has 1 heterocycles. The van der Waals surface area contributed by atoms with Crippen LogP contribution in [0, 0.1) is 13.8 Å². The monoisotopic (exact) mass is 400 g/mol. The Morgan fingerprint density at radius 2 is 1.86 bits per heavy atom. The van der Waals surface area contributed by atoms with E-state index in [2.05, 4.69) is 15.2 Å². The molecule has 0 aliphatic rings. The average molecular weight is 400 g/mol. The van der Waals surface area contributed by atoms with Gasteiger partial charge in [-0.3, -0.25) is 9.10 Å². The van der Waals surface area contributed by atoms with E-state index in [0.717, 1.165) is 21.7 Å². The third-order valence-electron chi connectivity index (χ3n) is 4.45. The van der Waals surface area contributed by atoms with Gasteiger partial charge < -0.3 is 10.1 Å². The molecular formula is C19H20N4O4S. The number of nitrogens with one attached hydrogen (secondary N) is 1. The SMILES string of the molecule is Cc1cccc(N(CC(=O)N=Nc2c(O)[nH]c3ccccc23)S(C)(=O)=O)c1C. The smallest absolute Gasteiger partial charge is 0.285 e. The third kappa shape index (κ3) is 3.89. The Hall–Kier alpha value is -3.20. The molecule has 0 bridgehead atoms. The molecule has 0 aliphatic carbocycles. The Kier molecular flexibility index (Phi) is 5.19. The molecule has 2 aromatic carbocycles. The van der Waals surface area contributed by atoms with Crippen LogP contribution in [-0.4, -0.2) is 37.2 Å². The molecule has 0 saturated heterocycles. The lowest BCUT2D eigenvalue weighted by Crippen LogP contribution is -2.35. The van der Waals surface area contributed by atoms with Crippen molar-refractivity contribution in [3.05, 3.63) is 53.6 Å². The largest absolute Gasteiger partial charge is 0.493 e. The number of aryl methyl sites for hydroxylation is 1. The summed E-state index contributed by atoms with van der Waals surface area (Å²) in [6, 6.07) is 12.3. The highest BCUT2D eigenvalue weighted by atomic mass is 32.2. The third-order valence-corrected chi connectivity index (χ3v) is 5.57. The Morgan fingerprint density at radius 3 is 2.57 bits per heavy atom. The van der Waals surface area contributed by atoms with Gasteiger partial charge in [0.15, 0.2) is 5.69 Å². The first-order valence-corrected chi connectivity index (χ1v) is 10.3. The van der Waals surface area contributed by atoms with Crippen molar-refractivity contribution in [1.29, 1.82) is 0 Å². The predicted octanol–water partition coefficient (Wildman–Crippen LogP) is 3.57. The number of fused-ring (bicyclic) bond motifs is 1. The molecule has 0 unspecified atom stereocenters. The van der Waals surface area contributed by atoms with E-state index in [1.807, 2.05) is 13.0 Å². The summed E-state index contributed by atoms with van der Waals surface area (Å²) >= 11 is 0. The lowest BCUT2D eigenvalue weighted by atomic mass is 10.1. The van der Waals surface area contributed by atoms with Crippen LogP contribution in [0.3, 0.4) is 0 Å². The van der Waals surface area contributed by atoms with Gasteiger partial charge in [-0.15, -0.1) is 10.2 Å². The van der Waals surface area contributed by atoms with Crippen molar-refractivity contribution in [2.45, 2.75) is 13.8 Å². The molecule has 0 fully saturated rings. The number of nitrogens with zero attached hydrogens (tertiary/aromatic N) is 3. The Morgan fingerprint density at radius 1 is 1.14 bits per heavy atom. The quantitative estimate of drug-likeness (QED) is 0.637. The fourth-order valence-electron chi connectivity index (χ4n) is 2.86. The number of hydrogen-bond acceptors (Lipinski definition) is 5. The number of benzene rings is 2. The summed E-state index contributed by atoms with van der Waals surface area (Å²) in [4.78, 5) is 15.1. The van der Waals surface area contributed by atoms with Crippen LogP contribution in [0.4, 0.5) is 11.4 Å². The number of azo groups is 1. The summed E-state index contributed by atoms with van der Waals surface area (Å²) < 4.78 is 25.5. The van der Waals surface area contributed by atoms with Crippen LogP contribution in [0.5, 0.6) is 5.88 Å². The zero-order valence-corrected chi connectivity index (χ0v) is 16.5. The molecular weight excluding hydrogens is 380 g/mol. The molecule has 28 heavy (non-hydrogen) atoms. The summed E-state index contributed by atoms with van der Waals surface area (Å²) in [6.45, 7) is 3.16. The number of aromatic nitrogens is 1. The lowest BCUT2D eigenvalue weighted by Gasteiger charge is -2.23. The highest BCUT2D eigenvalue weighted by molar-refractivity contribution is 7.92. The number of sulfonamides is 1. The Bertz CT molecular complexity index is 1180. The van der Waals surface area contributed by atoms with Gasteiger partial charge in [-0.05, 0) is 37.1 Å². The van der Waals surface area contributed by atoms with E-state index in [1.165, 1.54) is 0 Å². The summed E-state index contributed by atoms with van der Waals surface area (Å²) in [5.74, 6) is -0.969. The number of aromatic amines is 1. The van der Waals surface area contributed by atoms with Crippen LogP contribution in [-0.2, 0) is 14.8 Å². The second-order valence-electron chi connectivity index (χ2n) is 6.45. The van der Waals surface area contributed by atoms with Crippen LogP contribution in [0.25, 0.3) is 10.9 Å². The van der Waals surface area contributed by atoms with Crippen LogP contribution >= 0.6 is 0 Å². The first kappa shape index (κ1) is 19.6. The molecule has 8 nitrogen and oxygen atoms in total. The second-order valence-corrected chi connectivity index (χ2v) is 8.36. The summed E-state index contributed by atoms with van der Waals surface area (Å²) in [6.07, 6.45) is 1.03. The lowest BCUT2D eigenvalue weighted by molar-refractivity contribution is -0.116. The van der Waals surface area contributed by atoms with Crippen LogP contribution in [0.2, 0.25) is 0 Å². The summed E-state index contributed by atoms with van der Waals surface area (Å²) in [5.41, 5.74) is 2.85. The van der Waals surface area contributed by atoms with E-state index in [1.54, 1.807) is 43.3 Å². The maximum atomic E-state index is 12.4. The molecule has 1 aromatic heterocycles. The molecule has 146 valence electrons. The van der Waals surface area contributed by atoms with E-state index in [9.17, 15) is 18.3 Å². The van der Waals surface area contributed by atoms with Crippen LogP contribution in [0.15, 0.2) is 52.7 Å². The van der Waals surface area contributed by atoms with Gasteiger partial charge in [-0.1, -0.05) is 30.3 Å². The number of carbonyl (C=O) groups excluding carboxylic acids is 1. The minimum atomic E-state index is -3.71. The fourth-order valence-corrected chi connectivity index (χ4v) is 3.76. The van der Waals surface area contributed by atoms with Crippen molar-refractivity contribution < 1.29 is 18.3 Å². The van der Waals surface area contributed by atoms with Crippen molar-refractivity contribution in [3.63, 3.8) is 0 Å². The average Bonchev–Trinajstić information content (AvgIpc) is 2.95. The standard InChI is InChI=1S/C19H20N4O4S/c1-12-7-6-10-16(13(12)2)23(28(3,26)27)11-17(24)21-22-18-14-8-4-5-9-15(14)20-19(18)25/h4-10,20,25H,11H2,1-3H3. The molecule has 0 saturated carbocycles. The number of amides is 1. The number of H-pyrrole nitrogens is 1. The van der Waals surface area contributed by atoms with Crippen molar-refractivity contribution in [3.8, 4) is 5.88 Å².